The highest BCUT2D eigenvalue weighted by Gasteiger charge is 2.23. The van der Waals surface area contributed by atoms with Crippen molar-refractivity contribution in [1.82, 2.24) is 4.90 Å². The van der Waals surface area contributed by atoms with Gasteiger partial charge in [0.2, 0.25) is 5.91 Å². The quantitative estimate of drug-likeness (QED) is 0.786. The molecule has 5 nitrogen and oxygen atoms in total. The van der Waals surface area contributed by atoms with Crippen molar-refractivity contribution in [2.45, 2.75) is 13.3 Å². The minimum absolute atomic E-state index is 0.0532. The van der Waals surface area contributed by atoms with Crippen LogP contribution in [0, 0.1) is 0 Å². The number of benzene rings is 1. The van der Waals surface area contributed by atoms with Gasteiger partial charge in [-0.2, -0.15) is 0 Å². The number of hydrogen-bond donors (Lipinski definition) is 0. The van der Waals surface area contributed by atoms with Gasteiger partial charge in [-0.05, 0) is 25.5 Å². The smallest absolute Gasteiger partial charge is 0.241 e. The normalized spacial score (nSPS) is 16.1. The van der Waals surface area contributed by atoms with Crippen molar-refractivity contribution >= 4 is 17.4 Å². The van der Waals surface area contributed by atoms with Crippen LogP contribution in [0.1, 0.15) is 23.7 Å². The summed E-state index contributed by atoms with van der Waals surface area (Å²) < 4.78 is 5.27. The maximum atomic E-state index is 12.0. The number of likely N-dealkylation sites (N-methyl/N-ethyl adjacent to an activating group) is 1. The van der Waals surface area contributed by atoms with Crippen LogP contribution in [0.3, 0.4) is 0 Å². The largest absolute Gasteiger partial charge is 0.496 e. The second-order valence-electron chi connectivity index (χ2n) is 5.00. The van der Waals surface area contributed by atoms with Gasteiger partial charge in [0, 0.05) is 20.1 Å². The van der Waals surface area contributed by atoms with Crippen molar-refractivity contribution in [2.75, 3.05) is 38.7 Å². The highest BCUT2D eigenvalue weighted by Crippen LogP contribution is 2.30. The Balaban J connectivity index is 2.41. The van der Waals surface area contributed by atoms with Crippen LogP contribution >= 0.6 is 0 Å². The van der Waals surface area contributed by atoms with Gasteiger partial charge in [0.25, 0.3) is 0 Å². The Morgan fingerprint density at radius 1 is 1.30 bits per heavy atom. The molecule has 20 heavy (non-hydrogen) atoms. The molecule has 1 aliphatic heterocycles. The molecule has 1 aromatic carbocycles. The molecule has 0 unspecified atom stereocenters. The van der Waals surface area contributed by atoms with Crippen LogP contribution < -0.4 is 9.64 Å². The van der Waals surface area contributed by atoms with E-state index in [2.05, 4.69) is 0 Å². The van der Waals surface area contributed by atoms with Gasteiger partial charge in [0.1, 0.15) is 5.75 Å². The Labute approximate surface area is 119 Å². The number of nitrogens with zero attached hydrogens (tertiary/aromatic N) is 2. The first-order valence-corrected chi connectivity index (χ1v) is 6.71. The molecule has 0 aliphatic carbocycles. The van der Waals surface area contributed by atoms with E-state index in [-0.39, 0.29) is 11.7 Å². The number of rotatable bonds is 3. The summed E-state index contributed by atoms with van der Waals surface area (Å²) in [6, 6.07) is 5.49. The summed E-state index contributed by atoms with van der Waals surface area (Å²) in [6.45, 7) is 3.31. The number of carbonyl (C=O) groups is 2. The van der Waals surface area contributed by atoms with Crippen LogP contribution in [0.5, 0.6) is 5.75 Å². The van der Waals surface area contributed by atoms with Gasteiger partial charge in [-0.1, -0.05) is 6.07 Å². The standard InChI is InChI=1S/C15H20N2O3/c1-11(18)15-12(6-4-7-13(15)20-3)17-9-5-8-16(2)14(19)10-17/h4,6-7H,5,8-10H2,1-3H3. The van der Waals surface area contributed by atoms with Crippen molar-refractivity contribution in [3.8, 4) is 5.75 Å². The first-order valence-electron chi connectivity index (χ1n) is 6.71. The lowest BCUT2D eigenvalue weighted by Gasteiger charge is -2.25. The monoisotopic (exact) mass is 276 g/mol. The van der Waals surface area contributed by atoms with Gasteiger partial charge >= 0.3 is 0 Å². The SMILES string of the molecule is COc1cccc(N2CCCN(C)C(=O)C2)c1C(C)=O. The Morgan fingerprint density at radius 3 is 2.70 bits per heavy atom. The summed E-state index contributed by atoms with van der Waals surface area (Å²) in [6.07, 6.45) is 0.886. The minimum Gasteiger partial charge on any atom is -0.496 e. The minimum atomic E-state index is -0.0532. The molecular formula is C15H20N2O3. The Kier molecular flexibility index (Phi) is 4.27. The average molecular weight is 276 g/mol. The predicted molar refractivity (Wildman–Crippen MR) is 77.5 cm³/mol. The molecule has 0 radical (unpaired) electrons. The second-order valence-corrected chi connectivity index (χ2v) is 5.00. The first kappa shape index (κ1) is 14.4. The van der Waals surface area contributed by atoms with Crippen molar-refractivity contribution in [1.29, 1.82) is 0 Å². The summed E-state index contributed by atoms with van der Waals surface area (Å²) >= 11 is 0. The van der Waals surface area contributed by atoms with Gasteiger partial charge in [-0.3, -0.25) is 9.59 Å². The van der Waals surface area contributed by atoms with Gasteiger partial charge in [0.15, 0.2) is 5.78 Å². The fourth-order valence-corrected chi connectivity index (χ4v) is 2.50. The van der Waals surface area contributed by atoms with Crippen LogP contribution in [0.25, 0.3) is 0 Å². The maximum Gasteiger partial charge on any atom is 0.241 e. The van der Waals surface area contributed by atoms with E-state index >= 15 is 0 Å². The van der Waals surface area contributed by atoms with E-state index in [1.165, 1.54) is 6.92 Å². The van der Waals surface area contributed by atoms with Gasteiger partial charge in [0.05, 0.1) is 24.9 Å². The maximum absolute atomic E-state index is 12.0. The lowest BCUT2D eigenvalue weighted by Crippen LogP contribution is -2.35. The van der Waals surface area contributed by atoms with Crippen molar-refractivity contribution in [3.05, 3.63) is 23.8 Å². The number of ether oxygens (including phenoxy) is 1. The first-order chi connectivity index (χ1) is 9.54. The summed E-state index contributed by atoms with van der Waals surface area (Å²) in [5, 5.41) is 0. The number of methoxy groups -OCH3 is 1. The fourth-order valence-electron chi connectivity index (χ4n) is 2.50. The zero-order chi connectivity index (χ0) is 14.7. The van der Waals surface area contributed by atoms with E-state index in [9.17, 15) is 9.59 Å². The molecule has 1 aromatic rings. The van der Waals surface area contributed by atoms with Gasteiger partial charge in [-0.15, -0.1) is 0 Å². The lowest BCUT2D eigenvalue weighted by atomic mass is 10.1. The molecule has 0 atom stereocenters. The molecule has 1 heterocycles. The van der Waals surface area contributed by atoms with Crippen LogP contribution in [-0.4, -0.2) is 50.4 Å². The molecular weight excluding hydrogens is 256 g/mol. The zero-order valence-electron chi connectivity index (χ0n) is 12.2. The summed E-state index contributed by atoms with van der Waals surface area (Å²) in [5.74, 6) is 0.572. The van der Waals surface area contributed by atoms with E-state index in [1.54, 1.807) is 18.1 Å². The van der Waals surface area contributed by atoms with E-state index < -0.39 is 0 Å². The topological polar surface area (TPSA) is 49.9 Å². The number of anilines is 1. The third-order valence-electron chi connectivity index (χ3n) is 3.59. The highest BCUT2D eigenvalue weighted by molar-refractivity contribution is 6.03. The molecule has 2 rings (SSSR count). The highest BCUT2D eigenvalue weighted by atomic mass is 16.5. The summed E-state index contributed by atoms with van der Waals surface area (Å²) in [5.41, 5.74) is 1.33. The molecule has 108 valence electrons. The molecule has 1 saturated heterocycles. The van der Waals surface area contributed by atoms with Crippen LogP contribution in [0.15, 0.2) is 18.2 Å². The number of Topliss-reactive ketones (excluding diaryl/α,β-unsaturated/α-hetero) is 1. The molecule has 0 spiro atoms. The molecule has 1 fully saturated rings. The Hall–Kier alpha value is -2.04. The molecule has 5 heteroatoms. The van der Waals surface area contributed by atoms with E-state index in [1.807, 2.05) is 24.1 Å². The van der Waals surface area contributed by atoms with Crippen molar-refractivity contribution in [3.63, 3.8) is 0 Å². The van der Waals surface area contributed by atoms with Gasteiger partial charge in [-0.25, -0.2) is 0 Å². The summed E-state index contributed by atoms with van der Waals surface area (Å²) in [7, 11) is 3.36. The van der Waals surface area contributed by atoms with E-state index in [0.717, 1.165) is 25.2 Å². The van der Waals surface area contributed by atoms with Crippen LogP contribution in [0.2, 0.25) is 0 Å². The molecule has 1 amide bonds. The third-order valence-corrected chi connectivity index (χ3v) is 3.59. The van der Waals surface area contributed by atoms with Crippen molar-refractivity contribution < 1.29 is 14.3 Å². The predicted octanol–water partition coefficient (Wildman–Crippen LogP) is 1.57. The lowest BCUT2D eigenvalue weighted by molar-refractivity contribution is -0.127. The van der Waals surface area contributed by atoms with E-state index in [0.29, 0.717) is 17.9 Å². The molecule has 0 aromatic heterocycles. The number of amides is 1. The molecule has 1 aliphatic rings. The average Bonchev–Trinajstić information content (AvgIpc) is 2.60. The molecule has 0 bridgehead atoms. The Bertz CT molecular complexity index is 528. The third kappa shape index (κ3) is 2.76. The number of hydrogen-bond acceptors (Lipinski definition) is 4. The molecule has 0 N–H and O–H groups in total. The van der Waals surface area contributed by atoms with E-state index in [4.69, 9.17) is 4.74 Å². The second kappa shape index (κ2) is 5.94. The number of ketones is 1. The number of carbonyl (C=O) groups excluding carboxylic acids is 2. The summed E-state index contributed by atoms with van der Waals surface area (Å²) in [4.78, 5) is 27.6. The van der Waals surface area contributed by atoms with Crippen LogP contribution in [0.4, 0.5) is 5.69 Å². The van der Waals surface area contributed by atoms with Gasteiger partial charge < -0.3 is 14.5 Å². The Morgan fingerprint density at radius 2 is 2.05 bits per heavy atom. The molecule has 0 saturated carbocycles. The fraction of sp³-hybridized carbons (Fsp3) is 0.467. The van der Waals surface area contributed by atoms with Crippen molar-refractivity contribution in [2.24, 2.45) is 0 Å². The van der Waals surface area contributed by atoms with Crippen LogP contribution in [-0.2, 0) is 4.79 Å². The zero-order valence-corrected chi connectivity index (χ0v) is 12.2.